The molecule has 0 spiro atoms. The van der Waals surface area contributed by atoms with Crippen molar-refractivity contribution in [2.75, 3.05) is 0 Å². The Morgan fingerprint density at radius 3 is 2.62 bits per heavy atom. The number of thiocarbonyl (C=S) groups is 1. The van der Waals surface area contributed by atoms with Gasteiger partial charge in [-0.15, -0.1) is 0 Å². The van der Waals surface area contributed by atoms with E-state index < -0.39 is 0 Å². The summed E-state index contributed by atoms with van der Waals surface area (Å²) in [6, 6.07) is 6.53. The lowest BCUT2D eigenvalue weighted by Gasteiger charge is -2.13. The molecule has 2 rings (SSSR count). The summed E-state index contributed by atoms with van der Waals surface area (Å²) in [7, 11) is 0. The lowest BCUT2D eigenvalue weighted by molar-refractivity contribution is 0.624. The van der Waals surface area contributed by atoms with Gasteiger partial charge in [-0.25, -0.2) is 4.39 Å². The van der Waals surface area contributed by atoms with Gasteiger partial charge in [0.25, 0.3) is 0 Å². The summed E-state index contributed by atoms with van der Waals surface area (Å²) in [6.45, 7) is 0. The third kappa shape index (κ3) is 1.33. The second-order valence-electron chi connectivity index (χ2n) is 3.46. The Labute approximate surface area is 81.7 Å². The Hall–Kier alpha value is -0.960. The predicted molar refractivity (Wildman–Crippen MR) is 54.1 cm³/mol. The molecule has 13 heavy (non-hydrogen) atoms. The molecule has 0 bridgehead atoms. The fourth-order valence-corrected chi connectivity index (χ4v) is 1.91. The van der Waals surface area contributed by atoms with Gasteiger partial charge in [0.05, 0.1) is 4.99 Å². The highest BCUT2D eigenvalue weighted by Crippen LogP contribution is 2.48. The maximum atomic E-state index is 12.9. The summed E-state index contributed by atoms with van der Waals surface area (Å²) in [4.78, 5) is 0.484. The second-order valence-corrected chi connectivity index (χ2v) is 3.90. The van der Waals surface area contributed by atoms with E-state index in [1.807, 2.05) is 6.07 Å². The van der Waals surface area contributed by atoms with Gasteiger partial charge < -0.3 is 5.73 Å². The van der Waals surface area contributed by atoms with Crippen LogP contribution in [0.2, 0.25) is 0 Å². The standard InChI is InChI=1S/C10H10FNS/c11-8-3-1-2-7(6-8)10(4-5-10)9(12)13/h1-3,6H,4-5H2,(H2,12,13). The van der Waals surface area contributed by atoms with Crippen molar-refractivity contribution in [3.8, 4) is 0 Å². The minimum atomic E-state index is -0.222. The Morgan fingerprint density at radius 1 is 1.46 bits per heavy atom. The molecule has 0 radical (unpaired) electrons. The molecule has 2 N–H and O–H groups in total. The van der Waals surface area contributed by atoms with E-state index in [4.69, 9.17) is 18.0 Å². The highest BCUT2D eigenvalue weighted by molar-refractivity contribution is 7.80. The molecule has 0 unspecified atom stereocenters. The van der Waals surface area contributed by atoms with Gasteiger partial charge in [0.1, 0.15) is 5.82 Å². The van der Waals surface area contributed by atoms with Crippen LogP contribution in [0.4, 0.5) is 4.39 Å². The van der Waals surface area contributed by atoms with Crippen molar-refractivity contribution in [1.82, 2.24) is 0 Å². The molecular formula is C10H10FNS. The van der Waals surface area contributed by atoms with Crippen LogP contribution >= 0.6 is 12.2 Å². The van der Waals surface area contributed by atoms with Crippen LogP contribution in [0.1, 0.15) is 18.4 Å². The Balaban J connectivity index is 2.41. The van der Waals surface area contributed by atoms with E-state index in [9.17, 15) is 4.39 Å². The fraction of sp³-hybridized carbons (Fsp3) is 0.300. The molecule has 68 valence electrons. The molecule has 1 aliphatic rings. The van der Waals surface area contributed by atoms with Crippen LogP contribution in [-0.4, -0.2) is 4.99 Å². The van der Waals surface area contributed by atoms with E-state index in [1.165, 1.54) is 12.1 Å². The SMILES string of the molecule is NC(=S)C1(c2cccc(F)c2)CC1. The van der Waals surface area contributed by atoms with Crippen LogP contribution in [0.5, 0.6) is 0 Å². The third-order valence-corrected chi connectivity index (χ3v) is 2.99. The lowest BCUT2D eigenvalue weighted by atomic mass is 9.96. The number of halogens is 1. The molecule has 1 nitrogen and oxygen atoms in total. The van der Waals surface area contributed by atoms with Gasteiger partial charge in [-0.3, -0.25) is 0 Å². The van der Waals surface area contributed by atoms with Crippen molar-refractivity contribution in [2.45, 2.75) is 18.3 Å². The van der Waals surface area contributed by atoms with Gasteiger partial charge in [-0.05, 0) is 30.5 Å². The van der Waals surface area contributed by atoms with Crippen molar-refractivity contribution < 1.29 is 4.39 Å². The molecule has 0 amide bonds. The van der Waals surface area contributed by atoms with Crippen molar-refractivity contribution in [3.05, 3.63) is 35.6 Å². The monoisotopic (exact) mass is 195 g/mol. The lowest BCUT2D eigenvalue weighted by Crippen LogP contribution is -2.26. The summed E-state index contributed by atoms with van der Waals surface area (Å²) in [5.74, 6) is -0.222. The molecule has 0 aliphatic heterocycles. The summed E-state index contributed by atoms with van der Waals surface area (Å²) >= 11 is 4.97. The average Bonchev–Trinajstić information content (AvgIpc) is 2.83. The zero-order valence-electron chi connectivity index (χ0n) is 7.09. The van der Waals surface area contributed by atoms with E-state index in [0.29, 0.717) is 4.99 Å². The minimum Gasteiger partial charge on any atom is -0.393 e. The number of hydrogen-bond acceptors (Lipinski definition) is 1. The van der Waals surface area contributed by atoms with Crippen molar-refractivity contribution >= 4 is 17.2 Å². The zero-order chi connectivity index (χ0) is 9.47. The number of rotatable bonds is 2. The molecule has 1 saturated carbocycles. The average molecular weight is 195 g/mol. The van der Waals surface area contributed by atoms with Crippen LogP contribution in [-0.2, 0) is 5.41 Å². The van der Waals surface area contributed by atoms with Crippen LogP contribution < -0.4 is 5.73 Å². The summed E-state index contributed by atoms with van der Waals surface area (Å²) in [5, 5.41) is 0. The molecule has 1 aromatic rings. The highest BCUT2D eigenvalue weighted by Gasteiger charge is 2.47. The van der Waals surface area contributed by atoms with Crippen molar-refractivity contribution in [2.24, 2.45) is 5.73 Å². The maximum absolute atomic E-state index is 12.9. The molecular weight excluding hydrogens is 185 g/mol. The molecule has 3 heteroatoms. The molecule has 1 aliphatic carbocycles. The zero-order valence-corrected chi connectivity index (χ0v) is 7.90. The molecule has 1 aromatic carbocycles. The van der Waals surface area contributed by atoms with Crippen LogP contribution in [0.3, 0.4) is 0 Å². The molecule has 0 atom stereocenters. The highest BCUT2D eigenvalue weighted by atomic mass is 32.1. The van der Waals surface area contributed by atoms with E-state index in [2.05, 4.69) is 0 Å². The van der Waals surface area contributed by atoms with E-state index in [1.54, 1.807) is 6.07 Å². The smallest absolute Gasteiger partial charge is 0.123 e. The first kappa shape index (κ1) is 8.63. The molecule has 0 aromatic heterocycles. The van der Waals surface area contributed by atoms with Gasteiger partial charge in [0.15, 0.2) is 0 Å². The van der Waals surface area contributed by atoms with Gasteiger partial charge in [0, 0.05) is 5.41 Å². The molecule has 0 heterocycles. The number of nitrogens with two attached hydrogens (primary N) is 1. The quantitative estimate of drug-likeness (QED) is 0.732. The van der Waals surface area contributed by atoms with Crippen molar-refractivity contribution in [1.29, 1.82) is 0 Å². The van der Waals surface area contributed by atoms with Crippen LogP contribution in [0.15, 0.2) is 24.3 Å². The summed E-state index contributed by atoms with van der Waals surface area (Å²) in [6.07, 6.45) is 1.90. The van der Waals surface area contributed by atoms with Gasteiger partial charge in [-0.2, -0.15) is 0 Å². The first-order valence-electron chi connectivity index (χ1n) is 4.21. The predicted octanol–water partition coefficient (Wildman–Crippen LogP) is 2.14. The topological polar surface area (TPSA) is 26.0 Å². The van der Waals surface area contributed by atoms with E-state index in [-0.39, 0.29) is 11.2 Å². The first-order chi connectivity index (χ1) is 6.15. The van der Waals surface area contributed by atoms with Gasteiger partial charge in [-0.1, -0.05) is 24.4 Å². The molecule has 1 fully saturated rings. The second kappa shape index (κ2) is 2.77. The molecule has 0 saturated heterocycles. The van der Waals surface area contributed by atoms with Crippen LogP contribution in [0, 0.1) is 5.82 Å². The normalized spacial score (nSPS) is 18.2. The number of benzene rings is 1. The Bertz CT molecular complexity index is 358. The van der Waals surface area contributed by atoms with Gasteiger partial charge >= 0.3 is 0 Å². The maximum Gasteiger partial charge on any atom is 0.123 e. The largest absolute Gasteiger partial charge is 0.393 e. The summed E-state index contributed by atoms with van der Waals surface area (Å²) < 4.78 is 12.9. The Morgan fingerprint density at radius 2 is 2.15 bits per heavy atom. The van der Waals surface area contributed by atoms with Crippen molar-refractivity contribution in [3.63, 3.8) is 0 Å². The third-order valence-electron chi connectivity index (χ3n) is 2.60. The van der Waals surface area contributed by atoms with Crippen LogP contribution in [0.25, 0.3) is 0 Å². The fourth-order valence-electron chi connectivity index (χ4n) is 1.59. The van der Waals surface area contributed by atoms with E-state index >= 15 is 0 Å². The first-order valence-corrected chi connectivity index (χ1v) is 4.62. The minimum absolute atomic E-state index is 0.197. The summed E-state index contributed by atoms with van der Waals surface area (Å²) in [5.41, 5.74) is 6.34. The number of hydrogen-bond donors (Lipinski definition) is 1. The van der Waals surface area contributed by atoms with E-state index in [0.717, 1.165) is 18.4 Å². The van der Waals surface area contributed by atoms with Gasteiger partial charge in [0.2, 0.25) is 0 Å². The Kier molecular flexibility index (Phi) is 1.84.